The Hall–Kier alpha value is -1.22. The van der Waals surface area contributed by atoms with Crippen LogP contribution in [0.25, 0.3) is 0 Å². The van der Waals surface area contributed by atoms with E-state index in [-0.39, 0.29) is 0 Å². The summed E-state index contributed by atoms with van der Waals surface area (Å²) < 4.78 is 10.9. The Morgan fingerprint density at radius 1 is 1.04 bits per heavy atom. The first-order valence-corrected chi connectivity index (χ1v) is 9.56. The molecule has 1 aromatic carbocycles. The molecule has 1 atom stereocenters. The van der Waals surface area contributed by atoms with Crippen LogP contribution in [0.5, 0.6) is 11.5 Å². The van der Waals surface area contributed by atoms with Gasteiger partial charge in [0.25, 0.3) is 0 Å². The second kappa shape index (κ2) is 6.25. The second-order valence-corrected chi connectivity index (χ2v) is 8.56. The van der Waals surface area contributed by atoms with Crippen LogP contribution in [0.2, 0.25) is 0 Å². The first-order valence-electron chi connectivity index (χ1n) is 9.56. The summed E-state index contributed by atoms with van der Waals surface area (Å²) in [6, 6.07) is 6.70. The van der Waals surface area contributed by atoms with E-state index in [1.807, 2.05) is 12.1 Å². The third kappa shape index (κ3) is 2.81. The van der Waals surface area contributed by atoms with Gasteiger partial charge in [0.2, 0.25) is 0 Å². The molecule has 1 aromatic rings. The number of benzene rings is 1. The van der Waals surface area contributed by atoms with Crippen LogP contribution in [0.3, 0.4) is 0 Å². The third-order valence-electron chi connectivity index (χ3n) is 7.10. The standard InChI is InChI=1S/C21H31NO2/c1-14(21-10-15-6-16(11-21)8-17(7-15)12-21)22-13-18-4-5-19(23-2)9-20(18)24-3/h4-5,9,14-17,22H,6-8,10-13H2,1-3H3. The molecule has 0 spiro atoms. The van der Waals surface area contributed by atoms with Crippen molar-refractivity contribution in [2.75, 3.05) is 14.2 Å². The molecule has 3 nitrogen and oxygen atoms in total. The van der Waals surface area contributed by atoms with E-state index < -0.39 is 0 Å². The maximum Gasteiger partial charge on any atom is 0.127 e. The zero-order valence-corrected chi connectivity index (χ0v) is 15.3. The van der Waals surface area contributed by atoms with Gasteiger partial charge in [0.1, 0.15) is 11.5 Å². The highest BCUT2D eigenvalue weighted by molar-refractivity contribution is 5.40. The Balaban J connectivity index is 1.44. The zero-order chi connectivity index (χ0) is 16.7. The van der Waals surface area contributed by atoms with Crippen molar-refractivity contribution in [3.05, 3.63) is 23.8 Å². The molecule has 132 valence electrons. The van der Waals surface area contributed by atoms with E-state index in [9.17, 15) is 0 Å². The fraction of sp³-hybridized carbons (Fsp3) is 0.714. The van der Waals surface area contributed by atoms with Crippen LogP contribution < -0.4 is 14.8 Å². The molecule has 4 saturated carbocycles. The normalized spacial score (nSPS) is 35.0. The fourth-order valence-corrected chi connectivity index (χ4v) is 6.19. The van der Waals surface area contributed by atoms with Gasteiger partial charge in [-0.2, -0.15) is 0 Å². The lowest BCUT2D eigenvalue weighted by molar-refractivity contribution is -0.0706. The lowest BCUT2D eigenvalue weighted by atomic mass is 9.48. The van der Waals surface area contributed by atoms with E-state index in [4.69, 9.17) is 9.47 Å². The molecule has 4 fully saturated rings. The maximum absolute atomic E-state index is 5.55. The first kappa shape index (κ1) is 16.3. The predicted molar refractivity (Wildman–Crippen MR) is 96.5 cm³/mol. The van der Waals surface area contributed by atoms with Gasteiger partial charge in [-0.15, -0.1) is 0 Å². The number of methoxy groups -OCH3 is 2. The van der Waals surface area contributed by atoms with E-state index in [1.165, 1.54) is 44.1 Å². The van der Waals surface area contributed by atoms with Gasteiger partial charge in [-0.3, -0.25) is 0 Å². The Bertz CT molecular complexity index is 562. The highest BCUT2D eigenvalue weighted by atomic mass is 16.5. The maximum atomic E-state index is 5.55. The quantitative estimate of drug-likeness (QED) is 0.839. The van der Waals surface area contributed by atoms with Gasteiger partial charge in [-0.05, 0) is 74.7 Å². The van der Waals surface area contributed by atoms with Crippen LogP contribution >= 0.6 is 0 Å². The lowest BCUT2D eigenvalue weighted by Gasteiger charge is -2.59. The third-order valence-corrected chi connectivity index (χ3v) is 7.10. The Labute approximate surface area is 146 Å². The van der Waals surface area contributed by atoms with Gasteiger partial charge in [-0.1, -0.05) is 6.07 Å². The Morgan fingerprint density at radius 2 is 1.67 bits per heavy atom. The topological polar surface area (TPSA) is 30.5 Å². The van der Waals surface area contributed by atoms with Crippen molar-refractivity contribution >= 4 is 0 Å². The highest BCUT2D eigenvalue weighted by Crippen LogP contribution is 2.61. The molecule has 0 amide bonds. The Morgan fingerprint density at radius 3 is 2.21 bits per heavy atom. The first-order chi connectivity index (χ1) is 11.6. The van der Waals surface area contributed by atoms with E-state index >= 15 is 0 Å². The van der Waals surface area contributed by atoms with Crippen molar-refractivity contribution in [1.82, 2.24) is 5.32 Å². The summed E-state index contributed by atoms with van der Waals surface area (Å²) in [4.78, 5) is 0. The number of nitrogens with one attached hydrogen (secondary N) is 1. The number of hydrogen-bond acceptors (Lipinski definition) is 3. The van der Waals surface area contributed by atoms with Gasteiger partial charge < -0.3 is 14.8 Å². The van der Waals surface area contributed by atoms with Crippen LogP contribution in [0.4, 0.5) is 0 Å². The molecule has 24 heavy (non-hydrogen) atoms. The number of ether oxygens (including phenoxy) is 2. The molecule has 4 aliphatic rings. The SMILES string of the molecule is COc1ccc(CNC(C)C23CC4CC(CC(C4)C2)C3)c(OC)c1. The summed E-state index contributed by atoms with van der Waals surface area (Å²) in [6.45, 7) is 3.29. The molecule has 1 N–H and O–H groups in total. The fourth-order valence-electron chi connectivity index (χ4n) is 6.19. The summed E-state index contributed by atoms with van der Waals surface area (Å²) in [6.07, 6.45) is 8.89. The summed E-state index contributed by atoms with van der Waals surface area (Å²) in [5.41, 5.74) is 1.77. The van der Waals surface area contributed by atoms with Crippen LogP contribution in [0.15, 0.2) is 18.2 Å². The second-order valence-electron chi connectivity index (χ2n) is 8.56. The smallest absolute Gasteiger partial charge is 0.127 e. The van der Waals surface area contributed by atoms with Crippen molar-refractivity contribution < 1.29 is 9.47 Å². The van der Waals surface area contributed by atoms with E-state index in [2.05, 4.69) is 18.3 Å². The molecule has 0 radical (unpaired) electrons. The molecule has 0 heterocycles. The van der Waals surface area contributed by atoms with Crippen molar-refractivity contribution in [2.24, 2.45) is 23.2 Å². The van der Waals surface area contributed by atoms with E-state index in [1.54, 1.807) is 14.2 Å². The van der Waals surface area contributed by atoms with Crippen molar-refractivity contribution in [1.29, 1.82) is 0 Å². The van der Waals surface area contributed by atoms with Crippen LogP contribution in [-0.4, -0.2) is 20.3 Å². The molecule has 4 aliphatic carbocycles. The van der Waals surface area contributed by atoms with E-state index in [0.29, 0.717) is 11.5 Å². The molecule has 3 heteroatoms. The monoisotopic (exact) mass is 329 g/mol. The van der Waals surface area contributed by atoms with Gasteiger partial charge in [0.15, 0.2) is 0 Å². The Kier molecular flexibility index (Phi) is 4.24. The van der Waals surface area contributed by atoms with Crippen LogP contribution in [-0.2, 0) is 6.54 Å². The predicted octanol–water partition coefficient (Wildman–Crippen LogP) is 4.40. The largest absolute Gasteiger partial charge is 0.497 e. The zero-order valence-electron chi connectivity index (χ0n) is 15.3. The van der Waals surface area contributed by atoms with Crippen LogP contribution in [0, 0.1) is 23.2 Å². The molecule has 4 bridgehead atoms. The molecule has 0 saturated heterocycles. The summed E-state index contributed by atoms with van der Waals surface area (Å²) in [5.74, 6) is 4.80. The van der Waals surface area contributed by atoms with Gasteiger partial charge in [0, 0.05) is 24.2 Å². The molecule has 1 unspecified atom stereocenters. The number of rotatable bonds is 6. The highest BCUT2D eigenvalue weighted by Gasteiger charge is 2.52. The molecule has 0 aromatic heterocycles. The molecular weight excluding hydrogens is 298 g/mol. The van der Waals surface area contributed by atoms with Crippen LogP contribution in [0.1, 0.15) is 51.0 Å². The van der Waals surface area contributed by atoms with Crippen molar-refractivity contribution in [3.8, 4) is 11.5 Å². The minimum absolute atomic E-state index is 0.550. The average Bonchev–Trinajstić information content (AvgIpc) is 2.58. The minimum atomic E-state index is 0.550. The lowest BCUT2D eigenvalue weighted by Crippen LogP contribution is -2.54. The average molecular weight is 329 g/mol. The summed E-state index contributed by atoms with van der Waals surface area (Å²) in [7, 11) is 3.43. The summed E-state index contributed by atoms with van der Waals surface area (Å²) >= 11 is 0. The van der Waals surface area contributed by atoms with E-state index in [0.717, 1.165) is 35.8 Å². The number of hydrogen-bond donors (Lipinski definition) is 1. The molecule has 0 aliphatic heterocycles. The summed E-state index contributed by atoms with van der Waals surface area (Å²) in [5, 5.41) is 3.85. The van der Waals surface area contributed by atoms with Crippen molar-refractivity contribution in [2.45, 2.75) is 58.0 Å². The molecule has 5 rings (SSSR count). The van der Waals surface area contributed by atoms with Gasteiger partial charge >= 0.3 is 0 Å². The van der Waals surface area contributed by atoms with Crippen molar-refractivity contribution in [3.63, 3.8) is 0 Å². The van der Waals surface area contributed by atoms with Gasteiger partial charge in [-0.25, -0.2) is 0 Å². The minimum Gasteiger partial charge on any atom is -0.497 e. The van der Waals surface area contributed by atoms with Gasteiger partial charge in [0.05, 0.1) is 14.2 Å². The molecular formula is C21H31NO2.